The zero-order valence-corrected chi connectivity index (χ0v) is 6.74. The van der Waals surface area contributed by atoms with E-state index in [4.69, 9.17) is 5.53 Å². The summed E-state index contributed by atoms with van der Waals surface area (Å²) in [6, 6.07) is 0. The summed E-state index contributed by atoms with van der Waals surface area (Å²) in [5.74, 6) is -0.503. The van der Waals surface area contributed by atoms with Gasteiger partial charge in [-0.15, -0.1) is 0 Å². The Hall–Kier alpha value is -0.740. The molecule has 56 valence electrons. The number of hydrogen-bond donors (Lipinski definition) is 0. The van der Waals surface area contributed by atoms with Gasteiger partial charge in [0.05, 0.1) is 0 Å². The molecule has 0 heterocycles. The van der Waals surface area contributed by atoms with Gasteiger partial charge < -0.3 is 4.74 Å². The first-order valence-electron chi connectivity index (χ1n) is 2.53. The smallest absolute Gasteiger partial charge is 0.311 e. The van der Waals surface area contributed by atoms with E-state index < -0.39 is 5.97 Å². The molecular weight excluding hydrogens is 202 g/mol. The van der Waals surface area contributed by atoms with Crippen molar-refractivity contribution in [3.63, 3.8) is 0 Å². The lowest BCUT2D eigenvalue weighted by Gasteiger charge is -1.96. The minimum absolute atomic E-state index is 0.233. The summed E-state index contributed by atoms with van der Waals surface area (Å²) >= 11 is 3.07. The van der Waals surface area contributed by atoms with Crippen LogP contribution in [-0.2, 0) is 9.53 Å². The molecule has 6 heteroatoms. The fourth-order valence-electron chi connectivity index (χ4n) is 0.287. The second-order valence-electron chi connectivity index (χ2n) is 1.30. The van der Waals surface area contributed by atoms with Crippen LogP contribution >= 0.6 is 15.9 Å². The highest BCUT2D eigenvalue weighted by atomic mass is 79.9. The molecule has 5 nitrogen and oxygen atoms in total. The summed E-state index contributed by atoms with van der Waals surface area (Å²) < 4.78 is 4.54. The number of hydrogen-bond acceptors (Lipinski definition) is 3. The van der Waals surface area contributed by atoms with Crippen LogP contribution in [0.3, 0.4) is 0 Å². The van der Waals surface area contributed by atoms with Gasteiger partial charge in [-0.25, -0.2) is 0 Å². The molecule has 0 bridgehead atoms. The van der Waals surface area contributed by atoms with E-state index in [1.807, 2.05) is 0 Å². The van der Waals surface area contributed by atoms with Crippen molar-refractivity contribution in [1.82, 2.24) is 0 Å². The second kappa shape index (κ2) is 6.38. The first-order chi connectivity index (χ1) is 4.81. The van der Waals surface area contributed by atoms with Crippen molar-refractivity contribution in [2.45, 2.75) is 0 Å². The molecule has 0 aliphatic heterocycles. The Labute approximate surface area is 66.1 Å². The lowest BCUT2D eigenvalue weighted by Crippen LogP contribution is -2.08. The first-order valence-corrected chi connectivity index (χ1v) is 3.66. The van der Waals surface area contributed by atoms with Gasteiger partial charge in [0, 0.05) is 10.2 Å². The maximum absolute atomic E-state index is 10.5. The van der Waals surface area contributed by atoms with Gasteiger partial charge in [0.1, 0.15) is 13.2 Å². The maximum Gasteiger partial charge on any atom is 0.311 e. The summed E-state index contributed by atoms with van der Waals surface area (Å²) in [6.45, 7) is 0.0727. The fourth-order valence-corrected chi connectivity index (χ4v) is 0.449. The van der Waals surface area contributed by atoms with Gasteiger partial charge in [0.2, 0.25) is 0 Å². The molecule has 0 radical (unpaired) electrons. The zero-order valence-electron chi connectivity index (χ0n) is 5.16. The van der Waals surface area contributed by atoms with E-state index in [0.29, 0.717) is 11.9 Å². The topological polar surface area (TPSA) is 75.1 Å². The summed E-state index contributed by atoms with van der Waals surface area (Å²) in [5.41, 5.74) is 7.78. The van der Waals surface area contributed by atoms with Crippen molar-refractivity contribution < 1.29 is 9.53 Å². The number of rotatable bonds is 4. The average Bonchev–Trinajstić information content (AvgIpc) is 1.97. The molecule has 0 aliphatic carbocycles. The molecule has 0 atom stereocenters. The summed E-state index contributed by atoms with van der Waals surface area (Å²) in [7, 11) is 0. The first kappa shape index (κ1) is 9.26. The Morgan fingerprint density at radius 1 is 1.80 bits per heavy atom. The van der Waals surface area contributed by atoms with Gasteiger partial charge in [-0.1, -0.05) is 21.0 Å². The van der Waals surface area contributed by atoms with Gasteiger partial charge >= 0.3 is 5.97 Å². The molecule has 0 spiro atoms. The van der Waals surface area contributed by atoms with Crippen LogP contribution in [0.5, 0.6) is 0 Å². The highest BCUT2D eigenvalue weighted by molar-refractivity contribution is 9.09. The van der Waals surface area contributed by atoms with E-state index in [1.54, 1.807) is 0 Å². The number of carbonyl (C=O) groups is 1. The van der Waals surface area contributed by atoms with Gasteiger partial charge in [-0.05, 0) is 5.53 Å². The molecule has 0 saturated carbocycles. The van der Waals surface area contributed by atoms with Gasteiger partial charge in [0.15, 0.2) is 0 Å². The number of esters is 1. The Bertz CT molecular complexity index is 155. The molecule has 0 aromatic rings. The number of nitrogens with zero attached hydrogens (tertiary/aromatic N) is 3. The van der Waals surface area contributed by atoms with Crippen LogP contribution in [-0.4, -0.2) is 24.5 Å². The summed E-state index contributed by atoms with van der Waals surface area (Å²) in [5, 5.41) is 3.61. The Balaban J connectivity index is 3.34. The van der Waals surface area contributed by atoms with E-state index >= 15 is 0 Å². The predicted octanol–water partition coefficient (Wildman–Crippen LogP) is 1.23. The van der Waals surface area contributed by atoms with Crippen molar-refractivity contribution in [3.05, 3.63) is 10.4 Å². The van der Waals surface area contributed by atoms with Crippen LogP contribution in [0.25, 0.3) is 10.4 Å². The highest BCUT2D eigenvalue weighted by Gasteiger charge is 1.97. The molecule has 0 rings (SSSR count). The van der Waals surface area contributed by atoms with E-state index in [0.717, 1.165) is 0 Å². The minimum atomic E-state index is -0.503. The number of azide groups is 1. The van der Waals surface area contributed by atoms with Crippen LogP contribution in [0, 0.1) is 0 Å². The third kappa shape index (κ3) is 5.40. The third-order valence-corrected chi connectivity index (χ3v) is 0.927. The number of carbonyl (C=O) groups excluding carboxylic acids is 1. The molecule has 0 N–H and O–H groups in total. The van der Waals surface area contributed by atoms with Gasteiger partial charge in [-0.2, -0.15) is 0 Å². The van der Waals surface area contributed by atoms with E-state index in [9.17, 15) is 4.79 Å². The molecule has 0 aromatic carbocycles. The third-order valence-electron chi connectivity index (χ3n) is 0.603. The predicted molar refractivity (Wildman–Crippen MR) is 38.8 cm³/mol. The van der Waals surface area contributed by atoms with Crippen LogP contribution in [0.2, 0.25) is 0 Å². The molecular formula is C4H6BrN3O2. The van der Waals surface area contributed by atoms with Crippen LogP contribution in [0.4, 0.5) is 0 Å². The standard InChI is InChI=1S/C4H6BrN3O2/c5-1-2-10-4(9)3-7-8-6/h1-3H2. The van der Waals surface area contributed by atoms with Crippen molar-refractivity contribution in [1.29, 1.82) is 0 Å². The second-order valence-corrected chi connectivity index (χ2v) is 2.09. The number of alkyl halides is 1. The Morgan fingerprint density at radius 3 is 3.00 bits per heavy atom. The van der Waals surface area contributed by atoms with Crippen LogP contribution in [0.15, 0.2) is 5.11 Å². The number of halogens is 1. The minimum Gasteiger partial charge on any atom is -0.465 e. The molecule has 0 saturated heterocycles. The Kier molecular flexibility index (Phi) is 5.91. The fraction of sp³-hybridized carbons (Fsp3) is 0.750. The van der Waals surface area contributed by atoms with Gasteiger partial charge in [-0.3, -0.25) is 4.79 Å². The monoisotopic (exact) mass is 207 g/mol. The molecule has 0 aromatic heterocycles. The molecule has 0 aliphatic rings. The van der Waals surface area contributed by atoms with E-state index in [-0.39, 0.29) is 6.54 Å². The molecule has 0 fully saturated rings. The lowest BCUT2D eigenvalue weighted by molar-refractivity contribution is -0.141. The van der Waals surface area contributed by atoms with E-state index in [1.165, 1.54) is 0 Å². The molecule has 10 heavy (non-hydrogen) atoms. The van der Waals surface area contributed by atoms with Crippen molar-refractivity contribution >= 4 is 21.9 Å². The van der Waals surface area contributed by atoms with Gasteiger partial charge in [0.25, 0.3) is 0 Å². The largest absolute Gasteiger partial charge is 0.465 e. The van der Waals surface area contributed by atoms with Crippen molar-refractivity contribution in [3.8, 4) is 0 Å². The normalized spacial score (nSPS) is 8.10. The summed E-state index contributed by atoms with van der Waals surface area (Å²) in [4.78, 5) is 12.8. The van der Waals surface area contributed by atoms with Crippen molar-refractivity contribution in [2.75, 3.05) is 18.5 Å². The highest BCUT2D eigenvalue weighted by Crippen LogP contribution is 1.84. The maximum atomic E-state index is 10.5. The zero-order chi connectivity index (χ0) is 7.82. The molecule has 0 unspecified atom stereocenters. The molecule has 0 amide bonds. The number of ether oxygens (including phenoxy) is 1. The average molecular weight is 208 g/mol. The lowest BCUT2D eigenvalue weighted by atomic mass is 10.7. The summed E-state index contributed by atoms with van der Waals surface area (Å²) in [6.07, 6.45) is 0. The van der Waals surface area contributed by atoms with E-state index in [2.05, 4.69) is 30.7 Å². The van der Waals surface area contributed by atoms with Crippen LogP contribution < -0.4 is 0 Å². The SMILES string of the molecule is [N-]=[N+]=NCC(=O)OCCBr. The Morgan fingerprint density at radius 2 is 2.50 bits per heavy atom. The van der Waals surface area contributed by atoms with Crippen LogP contribution in [0.1, 0.15) is 0 Å². The quantitative estimate of drug-likeness (QED) is 0.229. The van der Waals surface area contributed by atoms with Crippen molar-refractivity contribution in [2.24, 2.45) is 5.11 Å².